The molecule has 0 radical (unpaired) electrons. The van der Waals surface area contributed by atoms with Crippen LogP contribution in [0.2, 0.25) is 0 Å². The van der Waals surface area contributed by atoms with E-state index in [-0.39, 0.29) is 18.7 Å². The van der Waals surface area contributed by atoms with Crippen molar-refractivity contribution in [2.45, 2.75) is 19.4 Å². The molecule has 0 fully saturated rings. The van der Waals surface area contributed by atoms with Crippen molar-refractivity contribution in [2.24, 2.45) is 0 Å². The Morgan fingerprint density at radius 1 is 1.00 bits per heavy atom. The molecule has 0 saturated carbocycles. The molecule has 4 nitrogen and oxygen atoms in total. The number of hydrogen-bond acceptors (Lipinski definition) is 2. The minimum Gasteiger partial charge on any atom is -0.481 e. The van der Waals surface area contributed by atoms with E-state index < -0.39 is 5.97 Å². The Morgan fingerprint density at radius 3 is 2.53 bits per heavy atom. The molecule has 0 spiro atoms. The maximum Gasteiger partial charge on any atom is 0.303 e. The minimum absolute atomic E-state index is 0.0140. The van der Waals surface area contributed by atoms with Gasteiger partial charge in [0, 0.05) is 13.0 Å². The van der Waals surface area contributed by atoms with Crippen LogP contribution in [0.5, 0.6) is 0 Å². The van der Waals surface area contributed by atoms with Crippen molar-refractivity contribution < 1.29 is 14.7 Å². The summed E-state index contributed by atoms with van der Waals surface area (Å²) >= 11 is 0. The first-order valence-electron chi connectivity index (χ1n) is 6.12. The van der Waals surface area contributed by atoms with Crippen molar-refractivity contribution in [1.82, 2.24) is 5.32 Å². The number of carboxylic acid groups (broad SMARTS) is 1. The van der Waals surface area contributed by atoms with E-state index in [4.69, 9.17) is 5.11 Å². The van der Waals surface area contributed by atoms with Crippen LogP contribution >= 0.6 is 0 Å². The maximum atomic E-state index is 11.5. The number of fused-ring (bicyclic) bond motifs is 1. The summed E-state index contributed by atoms with van der Waals surface area (Å²) in [6, 6.07) is 13.9. The Labute approximate surface area is 111 Å². The van der Waals surface area contributed by atoms with Crippen LogP contribution in [0.1, 0.15) is 18.4 Å². The third kappa shape index (κ3) is 3.55. The lowest BCUT2D eigenvalue weighted by Crippen LogP contribution is -2.23. The molecule has 2 rings (SSSR count). The Hall–Kier alpha value is -2.36. The van der Waals surface area contributed by atoms with Crippen LogP contribution in [-0.2, 0) is 16.1 Å². The number of rotatable bonds is 5. The summed E-state index contributed by atoms with van der Waals surface area (Å²) in [6.45, 7) is 0.416. The Balaban J connectivity index is 2.02. The highest BCUT2D eigenvalue weighted by Gasteiger charge is 2.06. The molecule has 0 aliphatic rings. The van der Waals surface area contributed by atoms with Gasteiger partial charge in [0.05, 0.1) is 6.42 Å². The molecule has 0 atom stereocenters. The molecule has 0 aliphatic heterocycles. The van der Waals surface area contributed by atoms with Gasteiger partial charge in [0.15, 0.2) is 0 Å². The monoisotopic (exact) mass is 257 g/mol. The van der Waals surface area contributed by atoms with Crippen molar-refractivity contribution in [1.29, 1.82) is 0 Å². The normalized spacial score (nSPS) is 10.3. The molecule has 2 N–H and O–H groups in total. The van der Waals surface area contributed by atoms with Gasteiger partial charge in [-0.3, -0.25) is 9.59 Å². The smallest absolute Gasteiger partial charge is 0.303 e. The molecule has 0 heterocycles. The zero-order valence-corrected chi connectivity index (χ0v) is 10.4. The summed E-state index contributed by atoms with van der Waals surface area (Å²) < 4.78 is 0. The van der Waals surface area contributed by atoms with Gasteiger partial charge in [-0.25, -0.2) is 0 Å². The standard InChI is InChI=1S/C15H15NO3/c17-14(8-9-15(18)19)16-10-12-6-3-5-11-4-1-2-7-13(11)12/h1-7H,8-10H2,(H,16,17)(H,18,19). The van der Waals surface area contributed by atoms with Crippen molar-refractivity contribution >= 4 is 22.6 Å². The van der Waals surface area contributed by atoms with Gasteiger partial charge in [0.2, 0.25) is 5.91 Å². The van der Waals surface area contributed by atoms with E-state index >= 15 is 0 Å². The lowest BCUT2D eigenvalue weighted by Gasteiger charge is -2.08. The van der Waals surface area contributed by atoms with Crippen LogP contribution in [0.3, 0.4) is 0 Å². The number of carbonyl (C=O) groups excluding carboxylic acids is 1. The second-order valence-corrected chi connectivity index (χ2v) is 4.31. The summed E-state index contributed by atoms with van der Waals surface area (Å²) in [5, 5.41) is 13.5. The molecule has 0 bridgehead atoms. The van der Waals surface area contributed by atoms with E-state index in [9.17, 15) is 9.59 Å². The number of carboxylic acids is 1. The predicted octanol–water partition coefficient (Wildman–Crippen LogP) is 2.32. The summed E-state index contributed by atoms with van der Waals surface area (Å²) in [7, 11) is 0. The molecule has 1 amide bonds. The first-order chi connectivity index (χ1) is 9.16. The lowest BCUT2D eigenvalue weighted by atomic mass is 10.0. The van der Waals surface area contributed by atoms with Crippen LogP contribution in [-0.4, -0.2) is 17.0 Å². The number of hydrogen-bond donors (Lipinski definition) is 2. The summed E-state index contributed by atoms with van der Waals surface area (Å²) in [5.74, 6) is -1.20. The molecule has 2 aromatic rings. The molecule has 0 saturated heterocycles. The molecular weight excluding hydrogens is 242 g/mol. The second kappa shape index (κ2) is 6.00. The summed E-state index contributed by atoms with van der Waals surface area (Å²) in [4.78, 5) is 21.9. The highest BCUT2D eigenvalue weighted by atomic mass is 16.4. The number of nitrogens with one attached hydrogen (secondary N) is 1. The van der Waals surface area contributed by atoms with E-state index in [2.05, 4.69) is 5.32 Å². The molecule has 2 aromatic carbocycles. The van der Waals surface area contributed by atoms with Gasteiger partial charge in [-0.2, -0.15) is 0 Å². The Kier molecular flexibility index (Phi) is 4.13. The largest absolute Gasteiger partial charge is 0.481 e. The predicted molar refractivity (Wildman–Crippen MR) is 72.7 cm³/mol. The van der Waals surface area contributed by atoms with Gasteiger partial charge in [-0.05, 0) is 16.3 Å². The van der Waals surface area contributed by atoms with Crippen LogP contribution in [0.15, 0.2) is 42.5 Å². The average Bonchev–Trinajstić information content (AvgIpc) is 2.42. The number of aliphatic carboxylic acids is 1. The fourth-order valence-corrected chi connectivity index (χ4v) is 1.95. The zero-order valence-electron chi connectivity index (χ0n) is 10.4. The van der Waals surface area contributed by atoms with Crippen molar-refractivity contribution in [2.75, 3.05) is 0 Å². The van der Waals surface area contributed by atoms with Crippen LogP contribution in [0.4, 0.5) is 0 Å². The molecule has 0 unspecified atom stereocenters. The highest BCUT2D eigenvalue weighted by Crippen LogP contribution is 2.18. The third-order valence-corrected chi connectivity index (χ3v) is 2.92. The second-order valence-electron chi connectivity index (χ2n) is 4.31. The fourth-order valence-electron chi connectivity index (χ4n) is 1.95. The van der Waals surface area contributed by atoms with Crippen LogP contribution in [0.25, 0.3) is 10.8 Å². The van der Waals surface area contributed by atoms with Crippen LogP contribution < -0.4 is 5.32 Å². The lowest BCUT2D eigenvalue weighted by molar-refractivity contribution is -0.138. The van der Waals surface area contributed by atoms with E-state index in [0.717, 1.165) is 16.3 Å². The van der Waals surface area contributed by atoms with E-state index in [1.165, 1.54) is 0 Å². The zero-order chi connectivity index (χ0) is 13.7. The fraction of sp³-hybridized carbons (Fsp3) is 0.200. The van der Waals surface area contributed by atoms with Gasteiger partial charge in [-0.1, -0.05) is 42.5 Å². The van der Waals surface area contributed by atoms with E-state index in [1.807, 2.05) is 42.5 Å². The molecular formula is C15H15NO3. The molecule has 19 heavy (non-hydrogen) atoms. The first kappa shape index (κ1) is 13.1. The molecule has 0 aromatic heterocycles. The van der Waals surface area contributed by atoms with Crippen molar-refractivity contribution in [3.8, 4) is 0 Å². The first-order valence-corrected chi connectivity index (χ1v) is 6.12. The van der Waals surface area contributed by atoms with E-state index in [1.54, 1.807) is 0 Å². The molecule has 98 valence electrons. The van der Waals surface area contributed by atoms with Gasteiger partial charge in [0.25, 0.3) is 0 Å². The topological polar surface area (TPSA) is 66.4 Å². The Bertz CT molecular complexity index is 602. The molecule has 4 heteroatoms. The van der Waals surface area contributed by atoms with Gasteiger partial charge >= 0.3 is 5.97 Å². The van der Waals surface area contributed by atoms with Crippen molar-refractivity contribution in [3.63, 3.8) is 0 Å². The number of carbonyl (C=O) groups is 2. The Morgan fingerprint density at radius 2 is 1.74 bits per heavy atom. The number of amides is 1. The summed E-state index contributed by atoms with van der Waals surface area (Å²) in [5.41, 5.74) is 1.03. The maximum absolute atomic E-state index is 11.5. The SMILES string of the molecule is O=C(O)CCC(=O)NCc1cccc2ccccc12. The molecule has 0 aliphatic carbocycles. The highest BCUT2D eigenvalue weighted by molar-refractivity contribution is 5.86. The van der Waals surface area contributed by atoms with Crippen LogP contribution in [0, 0.1) is 0 Å². The van der Waals surface area contributed by atoms with Gasteiger partial charge < -0.3 is 10.4 Å². The van der Waals surface area contributed by atoms with Gasteiger partial charge in [0.1, 0.15) is 0 Å². The quantitative estimate of drug-likeness (QED) is 0.863. The summed E-state index contributed by atoms with van der Waals surface area (Å²) in [6.07, 6.45) is -0.124. The minimum atomic E-state index is -0.958. The van der Waals surface area contributed by atoms with E-state index in [0.29, 0.717) is 6.54 Å². The average molecular weight is 257 g/mol. The van der Waals surface area contributed by atoms with Crippen molar-refractivity contribution in [3.05, 3.63) is 48.0 Å². The third-order valence-electron chi connectivity index (χ3n) is 2.92. The van der Waals surface area contributed by atoms with Gasteiger partial charge in [-0.15, -0.1) is 0 Å². The number of benzene rings is 2.